The average molecular weight is 415 g/mol. The minimum atomic E-state index is -0.217. The van der Waals surface area contributed by atoms with Crippen LogP contribution in [0.1, 0.15) is 101 Å². The van der Waals surface area contributed by atoms with Crippen LogP contribution in [-0.2, 0) is 19.1 Å². The van der Waals surface area contributed by atoms with Gasteiger partial charge in [0.25, 0.3) is 0 Å². The molecule has 1 fully saturated rings. The molecule has 0 heterocycles. The fourth-order valence-corrected chi connectivity index (χ4v) is 3.27. The van der Waals surface area contributed by atoms with Crippen molar-refractivity contribution in [3.63, 3.8) is 0 Å². The minimum Gasteiger partial charge on any atom is -0.461 e. The summed E-state index contributed by atoms with van der Waals surface area (Å²) in [5, 5.41) is 6.34. The van der Waals surface area contributed by atoms with Crippen LogP contribution in [0.4, 0.5) is 0 Å². The summed E-state index contributed by atoms with van der Waals surface area (Å²) in [5.74, 6) is -0.260. The van der Waals surface area contributed by atoms with Crippen molar-refractivity contribution in [2.75, 3.05) is 0 Å². The second kappa shape index (κ2) is 14.0. The molecule has 0 bridgehead atoms. The first-order valence-electron chi connectivity index (χ1n) is 11.3. The number of esters is 2. The lowest BCUT2D eigenvalue weighted by Crippen LogP contribution is -2.47. The summed E-state index contributed by atoms with van der Waals surface area (Å²) in [6, 6.07) is -0.125. The molecule has 0 radical (unpaired) electrons. The molecule has 2 N–H and O–H groups in total. The Hall–Kier alpha value is -1.14. The number of rotatable bonds is 9. The number of hydrogen-bond acceptors (Lipinski definition) is 6. The van der Waals surface area contributed by atoms with Crippen molar-refractivity contribution in [2.45, 2.75) is 137 Å². The molecule has 0 unspecified atom stereocenters. The fraction of sp³-hybridized carbons (Fsp3) is 0.913. The van der Waals surface area contributed by atoms with Gasteiger partial charge in [-0.15, -0.1) is 0 Å². The first-order valence-corrected chi connectivity index (χ1v) is 11.3. The van der Waals surface area contributed by atoms with Crippen molar-refractivity contribution >= 4 is 11.9 Å². The van der Waals surface area contributed by atoms with E-state index in [1.54, 1.807) is 0 Å². The zero-order valence-electron chi connectivity index (χ0n) is 20.3. The van der Waals surface area contributed by atoms with Crippen molar-refractivity contribution < 1.29 is 19.1 Å². The van der Waals surface area contributed by atoms with E-state index in [1.165, 1.54) is 12.8 Å². The van der Waals surface area contributed by atoms with E-state index in [0.29, 0.717) is 6.04 Å². The van der Waals surface area contributed by atoms with Crippen LogP contribution in [0.25, 0.3) is 0 Å². The summed E-state index contributed by atoms with van der Waals surface area (Å²) in [6.07, 6.45) is 6.47. The van der Waals surface area contributed by atoms with Gasteiger partial charge in [-0.2, -0.15) is 0 Å². The lowest BCUT2D eigenvalue weighted by molar-refractivity contribution is -0.152. The van der Waals surface area contributed by atoms with Crippen LogP contribution in [-0.4, -0.2) is 47.8 Å². The summed E-state index contributed by atoms with van der Waals surface area (Å²) in [5.41, 5.74) is -0.0475. The van der Waals surface area contributed by atoms with Crippen LogP contribution >= 0.6 is 0 Å². The fourth-order valence-electron chi connectivity index (χ4n) is 3.27. The van der Waals surface area contributed by atoms with E-state index in [-0.39, 0.29) is 41.8 Å². The van der Waals surface area contributed by atoms with Crippen LogP contribution in [0.5, 0.6) is 0 Å². The number of nitrogens with one attached hydrogen (secondary N) is 2. The van der Waals surface area contributed by atoms with E-state index >= 15 is 0 Å². The lowest BCUT2D eigenvalue weighted by Gasteiger charge is -2.25. The second-order valence-electron chi connectivity index (χ2n) is 9.38. The molecule has 0 aliphatic heterocycles. The monoisotopic (exact) mass is 414 g/mol. The highest BCUT2D eigenvalue weighted by Gasteiger charge is 2.25. The summed E-state index contributed by atoms with van der Waals surface area (Å²) in [7, 11) is 0. The first-order chi connectivity index (χ1) is 13.4. The summed E-state index contributed by atoms with van der Waals surface area (Å²) in [6.45, 7) is 17.9. The average Bonchev–Trinajstić information content (AvgIpc) is 3.10. The Balaban J connectivity index is 0.000000543. The van der Waals surface area contributed by atoms with E-state index in [1.807, 2.05) is 62.3 Å². The molecule has 0 aromatic heterocycles. The highest BCUT2D eigenvalue weighted by molar-refractivity contribution is 5.75. The van der Waals surface area contributed by atoms with Crippen molar-refractivity contribution in [3.05, 3.63) is 0 Å². The maximum atomic E-state index is 11.7. The third-order valence-electron chi connectivity index (χ3n) is 4.72. The largest absolute Gasteiger partial charge is 0.461 e. The molecule has 0 aromatic rings. The second-order valence-corrected chi connectivity index (χ2v) is 9.38. The Bertz CT molecular complexity index is 464. The van der Waals surface area contributed by atoms with E-state index in [4.69, 9.17) is 9.47 Å². The van der Waals surface area contributed by atoms with Crippen molar-refractivity contribution in [3.8, 4) is 0 Å². The Morgan fingerprint density at radius 2 is 1.45 bits per heavy atom. The van der Waals surface area contributed by atoms with Crippen molar-refractivity contribution in [1.82, 2.24) is 10.6 Å². The third kappa shape index (κ3) is 13.7. The van der Waals surface area contributed by atoms with Gasteiger partial charge in [-0.1, -0.05) is 27.7 Å². The molecule has 1 aliphatic carbocycles. The van der Waals surface area contributed by atoms with E-state index in [9.17, 15) is 9.59 Å². The Morgan fingerprint density at radius 1 is 0.931 bits per heavy atom. The number of ether oxygens (including phenoxy) is 2. The predicted molar refractivity (Wildman–Crippen MR) is 119 cm³/mol. The molecule has 29 heavy (non-hydrogen) atoms. The molecule has 1 rings (SSSR count). The van der Waals surface area contributed by atoms with Gasteiger partial charge in [0.15, 0.2) is 0 Å². The molecule has 0 aromatic carbocycles. The minimum absolute atomic E-state index is 0.0475. The molecule has 6 nitrogen and oxygen atoms in total. The molecule has 172 valence electrons. The van der Waals surface area contributed by atoms with Gasteiger partial charge in [0, 0.05) is 11.6 Å². The van der Waals surface area contributed by atoms with Gasteiger partial charge in [-0.3, -0.25) is 14.9 Å². The SMILES string of the molecule is CCC(CC)OC(=O)[C@H](C)NC(C)C.C[C@H](NC(C)(C)C)C(=O)OC1CCCC1. The van der Waals surface area contributed by atoms with Crippen molar-refractivity contribution in [1.29, 1.82) is 0 Å². The van der Waals surface area contributed by atoms with Gasteiger partial charge in [-0.25, -0.2) is 0 Å². The molecule has 1 aliphatic rings. The summed E-state index contributed by atoms with van der Waals surface area (Å²) in [4.78, 5) is 23.2. The number of carbonyl (C=O) groups is 2. The molecule has 0 saturated heterocycles. The standard InChI is InChI=1S/C12H23NO2.C11H23NO2/c1-9(13-12(2,3)4)11(14)15-10-7-5-6-8-10;1-6-10(7-2)14-11(13)9(5)12-8(3)4/h9-10,13H,5-8H2,1-4H3;8-10,12H,6-7H2,1-5H3/t2*9-/m00/s1. The van der Waals surface area contributed by atoms with Gasteiger partial charge in [0.05, 0.1) is 0 Å². The van der Waals surface area contributed by atoms with Gasteiger partial charge >= 0.3 is 11.9 Å². The molecule has 1 saturated carbocycles. The Labute approximate surface area is 178 Å². The molecule has 6 heteroatoms. The van der Waals surface area contributed by atoms with E-state index in [2.05, 4.69) is 10.6 Å². The quantitative estimate of drug-likeness (QED) is 0.546. The van der Waals surface area contributed by atoms with Crippen molar-refractivity contribution in [2.24, 2.45) is 0 Å². The van der Waals surface area contributed by atoms with E-state index in [0.717, 1.165) is 25.7 Å². The zero-order chi connectivity index (χ0) is 22.6. The third-order valence-corrected chi connectivity index (χ3v) is 4.72. The van der Waals surface area contributed by atoms with Gasteiger partial charge in [0.2, 0.25) is 0 Å². The molecule has 2 atom stereocenters. The zero-order valence-corrected chi connectivity index (χ0v) is 20.3. The lowest BCUT2D eigenvalue weighted by atomic mass is 10.1. The maximum absolute atomic E-state index is 11.7. The topological polar surface area (TPSA) is 76.7 Å². The predicted octanol–water partition coefficient (Wildman–Crippen LogP) is 4.35. The van der Waals surface area contributed by atoms with Gasteiger partial charge in [0.1, 0.15) is 24.3 Å². The van der Waals surface area contributed by atoms with Crippen LogP contribution < -0.4 is 10.6 Å². The molecular formula is C23H46N2O4. The summed E-state index contributed by atoms with van der Waals surface area (Å²) < 4.78 is 10.7. The van der Waals surface area contributed by atoms with Crippen LogP contribution in [0.3, 0.4) is 0 Å². The van der Waals surface area contributed by atoms with E-state index < -0.39 is 0 Å². The number of hydrogen-bond donors (Lipinski definition) is 2. The molecule has 0 amide bonds. The van der Waals surface area contributed by atoms with Crippen LogP contribution in [0, 0.1) is 0 Å². The highest BCUT2D eigenvalue weighted by Crippen LogP contribution is 2.21. The smallest absolute Gasteiger partial charge is 0.323 e. The highest BCUT2D eigenvalue weighted by atomic mass is 16.5. The summed E-state index contributed by atoms with van der Waals surface area (Å²) >= 11 is 0. The number of carbonyl (C=O) groups excluding carboxylic acids is 2. The maximum Gasteiger partial charge on any atom is 0.323 e. The normalized spacial score (nSPS) is 16.9. The van der Waals surface area contributed by atoms with Crippen LogP contribution in [0.2, 0.25) is 0 Å². The molecular weight excluding hydrogens is 368 g/mol. The van der Waals surface area contributed by atoms with Crippen LogP contribution in [0.15, 0.2) is 0 Å². The molecule has 0 spiro atoms. The Morgan fingerprint density at radius 3 is 1.86 bits per heavy atom. The first kappa shape index (κ1) is 27.9. The Kier molecular flexibility index (Phi) is 13.4. The van der Waals surface area contributed by atoms with Gasteiger partial charge < -0.3 is 14.8 Å². The van der Waals surface area contributed by atoms with Gasteiger partial charge in [-0.05, 0) is 73.1 Å².